The zero-order valence-corrected chi connectivity index (χ0v) is 12.5. The zero-order valence-electron chi connectivity index (χ0n) is 11.7. The normalized spacial score (nSPS) is 20.4. The van der Waals surface area contributed by atoms with E-state index in [9.17, 15) is 0 Å². The zero-order chi connectivity index (χ0) is 13.3. The summed E-state index contributed by atoms with van der Waals surface area (Å²) in [6.07, 6.45) is 1.23. The molecule has 0 aliphatic carbocycles. The van der Waals surface area contributed by atoms with E-state index in [0.717, 1.165) is 29.8 Å². The van der Waals surface area contributed by atoms with Gasteiger partial charge >= 0.3 is 0 Å². The second kappa shape index (κ2) is 4.96. The Hall–Kier alpha value is -0.970. The van der Waals surface area contributed by atoms with Gasteiger partial charge in [-0.05, 0) is 36.2 Å². The van der Waals surface area contributed by atoms with Gasteiger partial charge in [0, 0.05) is 13.1 Å². The molecule has 0 saturated carbocycles. The van der Waals surface area contributed by atoms with E-state index in [1.54, 1.807) is 0 Å². The average Bonchev–Trinajstić information content (AvgIpc) is 2.86. The largest absolute Gasteiger partial charge is 0.487 e. The molecular weight excluding hydrogens is 246 g/mol. The van der Waals surface area contributed by atoms with Crippen LogP contribution in [-0.2, 0) is 0 Å². The highest BCUT2D eigenvalue weighted by molar-refractivity contribution is 7.11. The lowest BCUT2D eigenvalue weighted by Gasteiger charge is -2.27. The van der Waals surface area contributed by atoms with Crippen molar-refractivity contribution in [1.82, 2.24) is 4.37 Å². The number of nitrogen functional groups attached to an aromatic ring is 1. The van der Waals surface area contributed by atoms with Crippen LogP contribution in [0.25, 0.3) is 0 Å². The van der Waals surface area contributed by atoms with Crippen molar-refractivity contribution in [3.05, 3.63) is 0 Å². The van der Waals surface area contributed by atoms with Gasteiger partial charge in [-0.1, -0.05) is 20.8 Å². The van der Waals surface area contributed by atoms with Gasteiger partial charge in [-0.3, -0.25) is 0 Å². The van der Waals surface area contributed by atoms with Crippen LogP contribution in [0.1, 0.15) is 34.1 Å². The van der Waals surface area contributed by atoms with Crippen LogP contribution in [0, 0.1) is 11.3 Å². The van der Waals surface area contributed by atoms with E-state index in [1.807, 2.05) is 6.92 Å². The number of anilines is 2. The Bertz CT molecular complexity index is 411. The van der Waals surface area contributed by atoms with E-state index < -0.39 is 0 Å². The Kier molecular flexibility index (Phi) is 3.71. The first kappa shape index (κ1) is 13.5. The van der Waals surface area contributed by atoms with Gasteiger partial charge in [-0.25, -0.2) is 0 Å². The number of ether oxygens (including phenoxy) is 1. The van der Waals surface area contributed by atoms with E-state index in [0.29, 0.717) is 17.8 Å². The molecule has 5 heteroatoms. The summed E-state index contributed by atoms with van der Waals surface area (Å²) in [4.78, 5) is 2.37. The van der Waals surface area contributed by atoms with Crippen molar-refractivity contribution in [2.45, 2.75) is 34.1 Å². The standard InChI is InChI=1S/C13H23N3OS/c1-5-17-10-11(14)15-18-12(10)16-7-6-9(8-16)13(2,3)4/h9H,5-8H2,1-4H3,(H2,14,15). The molecule has 0 amide bonds. The van der Waals surface area contributed by atoms with Gasteiger partial charge in [-0.2, -0.15) is 4.37 Å². The van der Waals surface area contributed by atoms with Crippen LogP contribution in [0.15, 0.2) is 0 Å². The topological polar surface area (TPSA) is 51.4 Å². The quantitative estimate of drug-likeness (QED) is 0.916. The predicted molar refractivity (Wildman–Crippen MR) is 77.5 cm³/mol. The van der Waals surface area contributed by atoms with Crippen molar-refractivity contribution in [3.8, 4) is 5.75 Å². The lowest BCUT2D eigenvalue weighted by atomic mass is 9.80. The van der Waals surface area contributed by atoms with Gasteiger partial charge in [0.1, 0.15) is 0 Å². The third-order valence-corrected chi connectivity index (χ3v) is 4.55. The molecule has 1 unspecified atom stereocenters. The minimum atomic E-state index is 0.358. The number of rotatable bonds is 3. The highest BCUT2D eigenvalue weighted by Gasteiger charge is 2.34. The van der Waals surface area contributed by atoms with Crippen LogP contribution >= 0.6 is 11.5 Å². The van der Waals surface area contributed by atoms with Gasteiger partial charge in [-0.15, -0.1) is 0 Å². The van der Waals surface area contributed by atoms with Gasteiger partial charge in [0.2, 0.25) is 0 Å². The molecule has 4 nitrogen and oxygen atoms in total. The second-order valence-electron chi connectivity index (χ2n) is 5.93. The molecule has 1 atom stereocenters. The lowest BCUT2D eigenvalue weighted by Crippen LogP contribution is -2.25. The fraction of sp³-hybridized carbons (Fsp3) is 0.769. The fourth-order valence-corrected chi connectivity index (χ4v) is 3.21. The van der Waals surface area contributed by atoms with Gasteiger partial charge < -0.3 is 15.4 Å². The SMILES string of the molecule is CCOc1c(N)nsc1N1CCC(C(C)(C)C)C1. The van der Waals surface area contributed by atoms with Crippen LogP contribution in [0.4, 0.5) is 10.8 Å². The summed E-state index contributed by atoms with van der Waals surface area (Å²) in [5, 5.41) is 1.10. The Labute approximate surface area is 113 Å². The highest BCUT2D eigenvalue weighted by atomic mass is 32.1. The fourth-order valence-electron chi connectivity index (χ4n) is 2.42. The molecule has 1 aliphatic rings. The molecule has 18 heavy (non-hydrogen) atoms. The summed E-state index contributed by atoms with van der Waals surface area (Å²) in [5.74, 6) is 2.02. The monoisotopic (exact) mass is 269 g/mol. The molecule has 0 spiro atoms. The molecule has 2 heterocycles. The van der Waals surface area contributed by atoms with Crippen molar-refractivity contribution in [3.63, 3.8) is 0 Å². The second-order valence-corrected chi connectivity index (χ2v) is 6.68. The van der Waals surface area contributed by atoms with Crippen molar-refractivity contribution < 1.29 is 4.74 Å². The van der Waals surface area contributed by atoms with Crippen LogP contribution < -0.4 is 15.4 Å². The molecule has 2 rings (SSSR count). The van der Waals surface area contributed by atoms with Gasteiger partial charge in [0.15, 0.2) is 16.6 Å². The Morgan fingerprint density at radius 1 is 1.50 bits per heavy atom. The summed E-state index contributed by atoms with van der Waals surface area (Å²) in [6, 6.07) is 0. The molecule has 102 valence electrons. The summed E-state index contributed by atoms with van der Waals surface area (Å²) < 4.78 is 9.84. The van der Waals surface area contributed by atoms with Crippen LogP contribution in [0.3, 0.4) is 0 Å². The minimum Gasteiger partial charge on any atom is -0.487 e. The molecule has 1 aliphatic heterocycles. The van der Waals surface area contributed by atoms with Crippen LogP contribution in [0.5, 0.6) is 5.75 Å². The first-order chi connectivity index (χ1) is 8.43. The third kappa shape index (κ3) is 2.55. The predicted octanol–water partition coefficient (Wildman–Crippen LogP) is 3.00. The molecule has 1 aromatic heterocycles. The molecule has 1 saturated heterocycles. The Morgan fingerprint density at radius 3 is 2.78 bits per heavy atom. The maximum absolute atomic E-state index is 5.86. The van der Waals surface area contributed by atoms with E-state index >= 15 is 0 Å². The molecule has 2 N–H and O–H groups in total. The summed E-state index contributed by atoms with van der Waals surface area (Å²) >= 11 is 1.45. The van der Waals surface area contributed by atoms with Crippen molar-refractivity contribution in [2.24, 2.45) is 11.3 Å². The van der Waals surface area contributed by atoms with E-state index in [4.69, 9.17) is 10.5 Å². The summed E-state index contributed by atoms with van der Waals surface area (Å²) in [6.45, 7) is 11.7. The Morgan fingerprint density at radius 2 is 2.22 bits per heavy atom. The van der Waals surface area contributed by atoms with Crippen molar-refractivity contribution in [2.75, 3.05) is 30.3 Å². The maximum atomic E-state index is 5.86. The molecule has 1 aromatic rings. The third-order valence-electron chi connectivity index (χ3n) is 3.65. The lowest BCUT2D eigenvalue weighted by molar-refractivity contribution is 0.263. The smallest absolute Gasteiger partial charge is 0.197 e. The molecule has 0 bridgehead atoms. The Balaban J connectivity index is 2.14. The number of nitrogens with zero attached hydrogens (tertiary/aromatic N) is 2. The van der Waals surface area contributed by atoms with E-state index in [-0.39, 0.29) is 0 Å². The van der Waals surface area contributed by atoms with Crippen LogP contribution in [0.2, 0.25) is 0 Å². The first-order valence-electron chi connectivity index (χ1n) is 6.56. The number of aromatic nitrogens is 1. The van der Waals surface area contributed by atoms with Gasteiger partial charge in [0.05, 0.1) is 6.61 Å². The molecular formula is C13H23N3OS. The van der Waals surface area contributed by atoms with E-state index in [2.05, 4.69) is 30.0 Å². The minimum absolute atomic E-state index is 0.358. The average molecular weight is 269 g/mol. The summed E-state index contributed by atoms with van der Waals surface area (Å²) in [7, 11) is 0. The van der Waals surface area contributed by atoms with E-state index in [1.165, 1.54) is 18.0 Å². The van der Waals surface area contributed by atoms with Crippen LogP contribution in [-0.4, -0.2) is 24.1 Å². The molecule has 0 aromatic carbocycles. The summed E-state index contributed by atoms with van der Waals surface area (Å²) in [5.41, 5.74) is 6.22. The number of nitrogens with two attached hydrogens (primary N) is 1. The highest BCUT2D eigenvalue weighted by Crippen LogP contribution is 2.43. The molecule has 1 fully saturated rings. The molecule has 0 radical (unpaired) electrons. The van der Waals surface area contributed by atoms with Gasteiger partial charge in [0.25, 0.3) is 0 Å². The first-order valence-corrected chi connectivity index (χ1v) is 7.33. The van der Waals surface area contributed by atoms with Crippen molar-refractivity contribution >= 4 is 22.4 Å². The number of hydrogen-bond donors (Lipinski definition) is 1. The van der Waals surface area contributed by atoms with Crippen molar-refractivity contribution in [1.29, 1.82) is 0 Å². The number of hydrogen-bond acceptors (Lipinski definition) is 5. The maximum Gasteiger partial charge on any atom is 0.197 e.